The van der Waals surface area contributed by atoms with Crippen molar-refractivity contribution in [3.05, 3.63) is 35.4 Å². The molecule has 0 unspecified atom stereocenters. The van der Waals surface area contributed by atoms with Crippen LogP contribution < -0.4 is 0 Å². The molecule has 0 saturated heterocycles. The van der Waals surface area contributed by atoms with Crippen LogP contribution in [0.1, 0.15) is 43.7 Å². The predicted octanol–water partition coefficient (Wildman–Crippen LogP) is 4.48. The van der Waals surface area contributed by atoms with Crippen molar-refractivity contribution >= 4 is 0 Å². The fraction of sp³-hybridized carbons (Fsp3) is 0.500. The first-order chi connectivity index (χ1) is 6.82. The van der Waals surface area contributed by atoms with Gasteiger partial charge >= 0.3 is 6.18 Å². The van der Waals surface area contributed by atoms with Gasteiger partial charge in [-0.15, -0.1) is 0 Å². The molecule has 3 heteroatoms. The quantitative estimate of drug-likeness (QED) is 0.684. The van der Waals surface area contributed by atoms with Crippen molar-refractivity contribution < 1.29 is 13.2 Å². The van der Waals surface area contributed by atoms with Crippen LogP contribution in [0.2, 0.25) is 0 Å². The van der Waals surface area contributed by atoms with Crippen LogP contribution in [0.4, 0.5) is 13.2 Å². The number of alkyl halides is 3. The fourth-order valence-corrected chi connectivity index (χ4v) is 1.36. The molecule has 84 valence electrons. The molecule has 0 saturated carbocycles. The molecule has 1 rings (SSSR count). The van der Waals surface area contributed by atoms with Crippen molar-refractivity contribution in [2.45, 2.75) is 38.8 Å². The third kappa shape index (κ3) is 2.98. The Bertz CT molecular complexity index is 309. The van der Waals surface area contributed by atoms with Crippen LogP contribution in [0.15, 0.2) is 24.3 Å². The van der Waals surface area contributed by atoms with Crippen LogP contribution in [0.3, 0.4) is 0 Å². The van der Waals surface area contributed by atoms with E-state index in [4.69, 9.17) is 0 Å². The smallest absolute Gasteiger partial charge is 0.170 e. The van der Waals surface area contributed by atoms with Crippen molar-refractivity contribution in [3.63, 3.8) is 0 Å². The SMILES string of the molecule is CC(C)c1ccc([C@@H](C)C(F)(F)F)cc1. The van der Waals surface area contributed by atoms with E-state index in [1.165, 1.54) is 6.92 Å². The highest BCUT2D eigenvalue weighted by atomic mass is 19.4. The summed E-state index contributed by atoms with van der Waals surface area (Å²) in [6, 6.07) is 6.66. The highest BCUT2D eigenvalue weighted by molar-refractivity contribution is 5.27. The molecule has 15 heavy (non-hydrogen) atoms. The second-order valence-electron chi connectivity index (χ2n) is 4.08. The highest BCUT2D eigenvalue weighted by Gasteiger charge is 2.36. The summed E-state index contributed by atoms with van der Waals surface area (Å²) < 4.78 is 37.2. The van der Waals surface area contributed by atoms with Crippen LogP contribution in [-0.4, -0.2) is 6.18 Å². The lowest BCUT2D eigenvalue weighted by molar-refractivity contribution is -0.146. The Morgan fingerprint density at radius 3 is 1.60 bits per heavy atom. The molecule has 0 N–H and O–H groups in total. The summed E-state index contributed by atoms with van der Waals surface area (Å²) in [6.45, 7) is 5.22. The van der Waals surface area contributed by atoms with Crippen LogP contribution in [-0.2, 0) is 0 Å². The Hall–Kier alpha value is -0.990. The molecular formula is C12H15F3. The molecule has 0 fully saturated rings. The zero-order valence-electron chi connectivity index (χ0n) is 9.10. The summed E-state index contributed by atoms with van der Waals surface area (Å²) in [5.74, 6) is -1.04. The molecule has 1 aromatic carbocycles. The van der Waals surface area contributed by atoms with E-state index >= 15 is 0 Å². The summed E-state index contributed by atoms with van der Waals surface area (Å²) in [7, 11) is 0. The Kier molecular flexibility index (Phi) is 3.42. The van der Waals surface area contributed by atoms with Gasteiger partial charge in [0.2, 0.25) is 0 Å². The van der Waals surface area contributed by atoms with Gasteiger partial charge in [-0.2, -0.15) is 13.2 Å². The Labute approximate surface area is 88.1 Å². The molecule has 0 aliphatic heterocycles. The van der Waals surface area contributed by atoms with E-state index in [0.29, 0.717) is 11.5 Å². The van der Waals surface area contributed by atoms with E-state index in [0.717, 1.165) is 5.56 Å². The van der Waals surface area contributed by atoms with Crippen molar-refractivity contribution in [3.8, 4) is 0 Å². The second kappa shape index (κ2) is 4.25. The number of rotatable bonds is 2. The Morgan fingerprint density at radius 2 is 1.27 bits per heavy atom. The van der Waals surface area contributed by atoms with Gasteiger partial charge in [-0.05, 0) is 24.0 Å². The molecule has 0 aliphatic carbocycles. The first-order valence-corrected chi connectivity index (χ1v) is 4.99. The van der Waals surface area contributed by atoms with Crippen molar-refractivity contribution in [1.29, 1.82) is 0 Å². The molecule has 0 radical (unpaired) electrons. The minimum Gasteiger partial charge on any atom is -0.170 e. The third-order valence-corrected chi connectivity index (χ3v) is 2.59. The van der Waals surface area contributed by atoms with Gasteiger partial charge in [0, 0.05) is 0 Å². The average molecular weight is 216 g/mol. The van der Waals surface area contributed by atoms with Gasteiger partial charge in [-0.1, -0.05) is 38.1 Å². The summed E-state index contributed by atoms with van der Waals surface area (Å²) in [4.78, 5) is 0. The molecule has 0 bridgehead atoms. The maximum Gasteiger partial charge on any atom is 0.395 e. The minimum absolute atomic E-state index is 0.326. The van der Waals surface area contributed by atoms with E-state index in [1.807, 2.05) is 13.8 Å². The predicted molar refractivity (Wildman–Crippen MR) is 55.0 cm³/mol. The van der Waals surface area contributed by atoms with Crippen LogP contribution >= 0.6 is 0 Å². The topological polar surface area (TPSA) is 0 Å². The monoisotopic (exact) mass is 216 g/mol. The van der Waals surface area contributed by atoms with Gasteiger partial charge < -0.3 is 0 Å². The molecular weight excluding hydrogens is 201 g/mol. The van der Waals surface area contributed by atoms with Crippen LogP contribution in [0, 0.1) is 0 Å². The number of benzene rings is 1. The standard InChI is InChI=1S/C12H15F3/c1-8(2)10-4-6-11(7-5-10)9(3)12(13,14)15/h4-9H,1-3H3/t9-/m1/s1. The lowest BCUT2D eigenvalue weighted by Gasteiger charge is -2.16. The van der Waals surface area contributed by atoms with Crippen molar-refractivity contribution in [1.82, 2.24) is 0 Å². The van der Waals surface area contributed by atoms with E-state index in [1.54, 1.807) is 24.3 Å². The third-order valence-electron chi connectivity index (χ3n) is 2.59. The summed E-state index contributed by atoms with van der Waals surface area (Å²) in [5, 5.41) is 0. The number of hydrogen-bond donors (Lipinski definition) is 0. The van der Waals surface area contributed by atoms with Gasteiger partial charge in [-0.25, -0.2) is 0 Å². The van der Waals surface area contributed by atoms with E-state index < -0.39 is 12.1 Å². The summed E-state index contributed by atoms with van der Waals surface area (Å²) in [5.41, 5.74) is 1.39. The van der Waals surface area contributed by atoms with Crippen molar-refractivity contribution in [2.24, 2.45) is 0 Å². The minimum atomic E-state index is -4.15. The summed E-state index contributed by atoms with van der Waals surface area (Å²) in [6.07, 6.45) is -4.15. The van der Waals surface area contributed by atoms with Gasteiger partial charge in [-0.3, -0.25) is 0 Å². The molecule has 1 atom stereocenters. The Balaban J connectivity index is 2.89. The zero-order valence-corrected chi connectivity index (χ0v) is 9.10. The second-order valence-corrected chi connectivity index (χ2v) is 4.08. The largest absolute Gasteiger partial charge is 0.395 e. The lowest BCUT2D eigenvalue weighted by atomic mass is 9.96. The number of halogens is 3. The average Bonchev–Trinajstić information content (AvgIpc) is 2.15. The first-order valence-electron chi connectivity index (χ1n) is 4.99. The van der Waals surface area contributed by atoms with E-state index in [2.05, 4.69) is 0 Å². The molecule has 0 aromatic heterocycles. The van der Waals surface area contributed by atoms with Crippen LogP contribution in [0.25, 0.3) is 0 Å². The van der Waals surface area contributed by atoms with E-state index in [9.17, 15) is 13.2 Å². The first kappa shape index (κ1) is 12.1. The van der Waals surface area contributed by atoms with E-state index in [-0.39, 0.29) is 0 Å². The molecule has 0 amide bonds. The lowest BCUT2D eigenvalue weighted by Crippen LogP contribution is -2.17. The van der Waals surface area contributed by atoms with Gasteiger partial charge in [0.15, 0.2) is 0 Å². The number of hydrogen-bond acceptors (Lipinski definition) is 0. The van der Waals surface area contributed by atoms with Crippen LogP contribution in [0.5, 0.6) is 0 Å². The van der Waals surface area contributed by atoms with Gasteiger partial charge in [0.05, 0.1) is 5.92 Å². The Morgan fingerprint density at radius 1 is 0.867 bits per heavy atom. The fourth-order valence-electron chi connectivity index (χ4n) is 1.36. The highest BCUT2D eigenvalue weighted by Crippen LogP contribution is 2.34. The maximum atomic E-state index is 12.4. The zero-order chi connectivity index (χ0) is 11.6. The molecule has 0 spiro atoms. The normalized spacial score (nSPS) is 14.3. The molecule has 1 aromatic rings. The molecule has 0 aliphatic rings. The van der Waals surface area contributed by atoms with Crippen molar-refractivity contribution in [2.75, 3.05) is 0 Å². The summed E-state index contributed by atoms with van der Waals surface area (Å²) >= 11 is 0. The maximum absolute atomic E-state index is 12.4. The van der Waals surface area contributed by atoms with Gasteiger partial charge in [0.1, 0.15) is 0 Å². The molecule has 0 heterocycles. The molecule has 0 nitrogen and oxygen atoms in total. The van der Waals surface area contributed by atoms with Gasteiger partial charge in [0.25, 0.3) is 0 Å².